The number of hydrogen-bond donors (Lipinski definition) is 4. The summed E-state index contributed by atoms with van der Waals surface area (Å²) in [6.07, 6.45) is 15.9. The Morgan fingerprint density at radius 1 is 0.787 bits per heavy atom. The number of terminal acetylenes is 3. The Balaban J connectivity index is 2.10. The van der Waals surface area contributed by atoms with Gasteiger partial charge < -0.3 is 30.7 Å². The van der Waals surface area contributed by atoms with E-state index in [0.29, 0.717) is 25.7 Å². The first-order valence-corrected chi connectivity index (χ1v) is 15.1. The third kappa shape index (κ3) is 14.0. The molecular weight excluding hydrogens is 610 g/mol. The van der Waals surface area contributed by atoms with Crippen LogP contribution in [-0.4, -0.2) is 66.0 Å². The molecule has 0 aromatic heterocycles. The second-order valence-electron chi connectivity index (χ2n) is 10.9. The predicted molar refractivity (Wildman–Crippen MR) is 170 cm³/mol. The normalized spacial score (nSPS) is 15.3. The number of non-ortho nitro benzene ring substituents is 1. The number of nitro groups is 1. The molecule has 0 bridgehead atoms. The SMILES string of the molecule is C#CCNC(=O)CCC(CCC(=O)NCC#C)(CCC(=O)NCC#C)NC(=O)C1CCC(OC(=O)Oc2ccc([N+](=O)[O-])cc2)CC1. The van der Waals surface area contributed by atoms with Crippen molar-refractivity contribution in [1.82, 2.24) is 21.3 Å². The molecular formula is C33H39N5O9. The topological polar surface area (TPSA) is 195 Å². The molecule has 1 aromatic carbocycles. The van der Waals surface area contributed by atoms with Crippen LogP contribution < -0.4 is 26.0 Å². The minimum atomic E-state index is -1.12. The van der Waals surface area contributed by atoms with Gasteiger partial charge in [0.05, 0.1) is 24.6 Å². The summed E-state index contributed by atoms with van der Waals surface area (Å²) in [4.78, 5) is 73.6. The Morgan fingerprint density at radius 2 is 1.23 bits per heavy atom. The van der Waals surface area contributed by atoms with Crippen LogP contribution in [0.15, 0.2) is 24.3 Å². The van der Waals surface area contributed by atoms with Crippen molar-refractivity contribution in [3.05, 3.63) is 34.4 Å². The molecule has 250 valence electrons. The van der Waals surface area contributed by atoms with Crippen LogP contribution in [-0.2, 0) is 23.9 Å². The van der Waals surface area contributed by atoms with Crippen molar-refractivity contribution in [2.75, 3.05) is 19.6 Å². The van der Waals surface area contributed by atoms with Crippen LogP contribution >= 0.6 is 0 Å². The monoisotopic (exact) mass is 649 g/mol. The maximum Gasteiger partial charge on any atom is 0.514 e. The lowest BCUT2D eigenvalue weighted by molar-refractivity contribution is -0.384. The molecule has 1 aliphatic carbocycles. The molecule has 0 heterocycles. The van der Waals surface area contributed by atoms with Gasteiger partial charge in [-0.05, 0) is 57.1 Å². The van der Waals surface area contributed by atoms with Crippen LogP contribution in [0.5, 0.6) is 5.75 Å². The van der Waals surface area contributed by atoms with Gasteiger partial charge in [-0.3, -0.25) is 29.3 Å². The average molecular weight is 650 g/mol. The van der Waals surface area contributed by atoms with E-state index in [0.717, 1.165) is 0 Å². The van der Waals surface area contributed by atoms with Crippen molar-refractivity contribution < 1.29 is 38.4 Å². The van der Waals surface area contributed by atoms with E-state index in [4.69, 9.17) is 28.7 Å². The largest absolute Gasteiger partial charge is 0.514 e. The maximum absolute atomic E-state index is 13.6. The summed E-state index contributed by atoms with van der Waals surface area (Å²) in [6.45, 7) is 0.0652. The highest BCUT2D eigenvalue weighted by atomic mass is 16.7. The number of rotatable bonds is 17. The van der Waals surface area contributed by atoms with Gasteiger partial charge in [-0.2, -0.15) is 0 Å². The summed E-state index contributed by atoms with van der Waals surface area (Å²) >= 11 is 0. The van der Waals surface area contributed by atoms with E-state index in [1.807, 2.05) is 0 Å². The molecule has 14 nitrogen and oxygen atoms in total. The molecule has 0 spiro atoms. The summed E-state index contributed by atoms with van der Waals surface area (Å²) in [6, 6.07) is 4.96. The first kappa shape index (κ1) is 37.6. The molecule has 2 rings (SSSR count). The second-order valence-corrected chi connectivity index (χ2v) is 10.9. The number of carbonyl (C=O) groups is 5. The minimum absolute atomic E-state index is 0.0217. The van der Waals surface area contributed by atoms with Gasteiger partial charge >= 0.3 is 6.16 Å². The Labute approximate surface area is 273 Å². The smallest absolute Gasteiger partial charge is 0.431 e. The molecule has 0 aliphatic heterocycles. The fraction of sp³-hybridized carbons (Fsp3) is 0.485. The number of nitrogens with one attached hydrogen (secondary N) is 4. The van der Waals surface area contributed by atoms with Crippen LogP contribution in [0.25, 0.3) is 0 Å². The molecule has 0 saturated heterocycles. The van der Waals surface area contributed by atoms with Crippen LogP contribution in [0.2, 0.25) is 0 Å². The van der Waals surface area contributed by atoms with E-state index in [-0.39, 0.29) is 93.2 Å². The molecule has 0 unspecified atom stereocenters. The zero-order chi connectivity index (χ0) is 34.7. The van der Waals surface area contributed by atoms with Crippen molar-refractivity contribution in [3.8, 4) is 42.8 Å². The van der Waals surface area contributed by atoms with E-state index in [9.17, 15) is 34.1 Å². The van der Waals surface area contributed by atoms with Crippen LogP contribution in [0.1, 0.15) is 64.2 Å². The number of benzene rings is 1. The fourth-order valence-electron chi connectivity index (χ4n) is 5.03. The summed E-state index contributed by atoms with van der Waals surface area (Å²) in [7, 11) is 0. The molecule has 0 atom stereocenters. The van der Waals surface area contributed by atoms with Crippen molar-refractivity contribution in [3.63, 3.8) is 0 Å². The highest BCUT2D eigenvalue weighted by Crippen LogP contribution is 2.31. The highest BCUT2D eigenvalue weighted by molar-refractivity contribution is 5.81. The van der Waals surface area contributed by atoms with Gasteiger partial charge in [-0.1, -0.05) is 17.8 Å². The third-order valence-electron chi connectivity index (χ3n) is 7.60. The van der Waals surface area contributed by atoms with Crippen molar-refractivity contribution in [2.45, 2.75) is 75.9 Å². The Morgan fingerprint density at radius 3 is 1.64 bits per heavy atom. The van der Waals surface area contributed by atoms with Gasteiger partial charge in [0.2, 0.25) is 23.6 Å². The minimum Gasteiger partial charge on any atom is -0.431 e. The van der Waals surface area contributed by atoms with Crippen LogP contribution in [0.4, 0.5) is 10.5 Å². The lowest BCUT2D eigenvalue weighted by Gasteiger charge is -2.37. The van der Waals surface area contributed by atoms with Gasteiger partial charge in [-0.25, -0.2) is 4.79 Å². The first-order chi connectivity index (χ1) is 22.5. The fourth-order valence-corrected chi connectivity index (χ4v) is 5.03. The molecule has 14 heteroatoms. The molecule has 4 amide bonds. The second kappa shape index (κ2) is 19.8. The quantitative estimate of drug-likeness (QED) is 0.0643. The molecule has 1 fully saturated rings. The zero-order valence-electron chi connectivity index (χ0n) is 26.0. The number of nitrogens with zero attached hydrogens (tertiary/aromatic N) is 1. The van der Waals surface area contributed by atoms with Crippen molar-refractivity contribution in [1.29, 1.82) is 0 Å². The molecule has 0 radical (unpaired) electrons. The Bertz CT molecular complexity index is 1310. The summed E-state index contributed by atoms with van der Waals surface area (Å²) in [5.41, 5.74) is -1.27. The van der Waals surface area contributed by atoms with E-state index in [2.05, 4.69) is 39.0 Å². The van der Waals surface area contributed by atoms with Gasteiger partial charge in [0, 0.05) is 42.9 Å². The van der Waals surface area contributed by atoms with E-state index < -0.39 is 28.6 Å². The van der Waals surface area contributed by atoms with E-state index in [1.165, 1.54) is 24.3 Å². The summed E-state index contributed by atoms with van der Waals surface area (Å²) < 4.78 is 10.5. The van der Waals surface area contributed by atoms with Crippen molar-refractivity contribution >= 4 is 35.5 Å². The first-order valence-electron chi connectivity index (χ1n) is 15.1. The van der Waals surface area contributed by atoms with Crippen LogP contribution in [0, 0.1) is 53.1 Å². The van der Waals surface area contributed by atoms with Gasteiger partial charge in [-0.15, -0.1) is 19.3 Å². The van der Waals surface area contributed by atoms with Crippen LogP contribution in [0.3, 0.4) is 0 Å². The van der Waals surface area contributed by atoms with Gasteiger partial charge in [0.25, 0.3) is 5.69 Å². The summed E-state index contributed by atoms with van der Waals surface area (Å²) in [5, 5.41) is 21.6. The molecule has 1 aliphatic rings. The zero-order valence-corrected chi connectivity index (χ0v) is 26.0. The molecule has 1 saturated carbocycles. The number of nitro benzene ring substituents is 1. The standard InChI is InChI=1S/C33H39N5O9/c1-4-21-34-28(39)15-18-33(19-16-29(40)35-22-5-2,20-17-30(41)36-23-6-3)37-31(42)24-7-11-26(12-8-24)46-32(43)47-27-13-9-25(10-14-27)38(44)45/h1-3,9-10,13-14,24,26H,7-8,11-12,15-23H2,(H,34,39)(H,35,40)(H,36,41)(H,37,42). The van der Waals surface area contributed by atoms with Gasteiger partial charge in [0.1, 0.15) is 11.9 Å². The molecule has 4 N–H and O–H groups in total. The maximum atomic E-state index is 13.6. The van der Waals surface area contributed by atoms with Gasteiger partial charge in [0.15, 0.2) is 0 Å². The third-order valence-corrected chi connectivity index (χ3v) is 7.60. The Kier molecular flexibility index (Phi) is 15.8. The lowest BCUT2D eigenvalue weighted by Crippen LogP contribution is -2.52. The average Bonchev–Trinajstić information content (AvgIpc) is 3.06. The van der Waals surface area contributed by atoms with E-state index >= 15 is 0 Å². The lowest BCUT2D eigenvalue weighted by atomic mass is 9.81. The number of hydrogen-bond acceptors (Lipinski definition) is 9. The van der Waals surface area contributed by atoms with Crippen molar-refractivity contribution in [2.24, 2.45) is 5.92 Å². The number of carbonyl (C=O) groups excluding carboxylic acids is 5. The Hall–Kier alpha value is -5.55. The molecule has 47 heavy (non-hydrogen) atoms. The number of ether oxygens (including phenoxy) is 2. The predicted octanol–water partition coefficient (Wildman–Crippen LogP) is 2.11. The van der Waals surface area contributed by atoms with E-state index in [1.54, 1.807) is 0 Å². The highest BCUT2D eigenvalue weighted by Gasteiger charge is 2.37. The summed E-state index contributed by atoms with van der Waals surface area (Å²) in [5.74, 6) is 5.19. The number of amides is 4. The molecule has 1 aromatic rings.